The van der Waals surface area contributed by atoms with Crippen molar-refractivity contribution in [3.8, 4) is 28.4 Å². The Balaban J connectivity index is 1.85. The van der Waals surface area contributed by atoms with Gasteiger partial charge in [0.25, 0.3) is 0 Å². The molecule has 0 radical (unpaired) electrons. The maximum Gasteiger partial charge on any atom is 0.203 e. The number of hydrogen-bond donors (Lipinski definition) is 0. The highest BCUT2D eigenvalue weighted by atomic mass is 16.6. The summed E-state index contributed by atoms with van der Waals surface area (Å²) in [6, 6.07) is 9.78. The molecule has 0 aromatic heterocycles. The number of benzene rings is 2. The lowest BCUT2D eigenvalue weighted by molar-refractivity contribution is 0.0658. The van der Waals surface area contributed by atoms with Crippen molar-refractivity contribution in [1.82, 2.24) is 0 Å². The molecular formula is C23H26O5. The Bertz CT molecular complexity index is 885. The average molecular weight is 382 g/mol. The van der Waals surface area contributed by atoms with E-state index >= 15 is 0 Å². The van der Waals surface area contributed by atoms with E-state index in [0.29, 0.717) is 36.2 Å². The molecule has 2 aliphatic carbocycles. The Morgan fingerprint density at radius 1 is 0.929 bits per heavy atom. The highest BCUT2D eigenvalue weighted by Gasteiger charge is 2.35. The van der Waals surface area contributed by atoms with E-state index in [2.05, 4.69) is 0 Å². The molecule has 0 amide bonds. The number of carbonyl (C=O) groups excluding carboxylic acids is 1. The molecular weight excluding hydrogens is 356 g/mol. The van der Waals surface area contributed by atoms with E-state index in [1.807, 2.05) is 30.3 Å². The number of Topliss-reactive ketones (excluding diaryl/α,β-unsaturated/α-hetero) is 1. The second kappa shape index (κ2) is 7.84. The van der Waals surface area contributed by atoms with Gasteiger partial charge in [0.15, 0.2) is 17.3 Å². The molecule has 0 bridgehead atoms. The van der Waals surface area contributed by atoms with Crippen molar-refractivity contribution in [1.29, 1.82) is 0 Å². The summed E-state index contributed by atoms with van der Waals surface area (Å²) in [5.74, 6) is 2.55. The van der Waals surface area contributed by atoms with Gasteiger partial charge in [0.2, 0.25) is 5.75 Å². The molecule has 5 nitrogen and oxygen atoms in total. The monoisotopic (exact) mass is 382 g/mol. The van der Waals surface area contributed by atoms with E-state index in [-0.39, 0.29) is 11.9 Å². The SMILES string of the molecule is COCC(Oc1c(-c2cccc3c2CCC3=O)ccc(OC)c1OC)C1CC1. The standard InChI is InChI=1S/C23H26O5/c1-25-13-21(14-7-8-14)28-22-18(10-12-20(26-2)23(22)27-3)15-5-4-6-17-16(15)9-11-19(17)24/h4-6,10,12,14,21H,7-9,11,13H2,1-3H3. The van der Waals surface area contributed by atoms with Crippen LogP contribution in [0.4, 0.5) is 0 Å². The third kappa shape index (κ3) is 3.35. The molecule has 0 aliphatic heterocycles. The maximum atomic E-state index is 12.2. The summed E-state index contributed by atoms with van der Waals surface area (Å²) < 4.78 is 23.1. The summed E-state index contributed by atoms with van der Waals surface area (Å²) in [5.41, 5.74) is 3.84. The minimum atomic E-state index is -0.0388. The van der Waals surface area contributed by atoms with Crippen LogP contribution in [-0.2, 0) is 11.2 Å². The molecule has 1 fully saturated rings. The number of rotatable bonds is 8. The Hall–Kier alpha value is -2.53. The van der Waals surface area contributed by atoms with Gasteiger partial charge in [-0.15, -0.1) is 0 Å². The van der Waals surface area contributed by atoms with Crippen molar-refractivity contribution < 1.29 is 23.7 Å². The first kappa shape index (κ1) is 18.8. The Morgan fingerprint density at radius 3 is 2.39 bits per heavy atom. The molecule has 1 atom stereocenters. The van der Waals surface area contributed by atoms with E-state index in [9.17, 15) is 4.79 Å². The van der Waals surface area contributed by atoms with Gasteiger partial charge in [-0.05, 0) is 48.4 Å². The molecule has 28 heavy (non-hydrogen) atoms. The fraction of sp³-hybridized carbons (Fsp3) is 0.435. The van der Waals surface area contributed by atoms with Crippen LogP contribution >= 0.6 is 0 Å². The Labute approximate surface area is 165 Å². The van der Waals surface area contributed by atoms with E-state index in [4.69, 9.17) is 18.9 Å². The van der Waals surface area contributed by atoms with Crippen LogP contribution in [0.25, 0.3) is 11.1 Å². The number of fused-ring (bicyclic) bond motifs is 1. The van der Waals surface area contributed by atoms with Crippen molar-refractivity contribution >= 4 is 5.78 Å². The second-order valence-electron chi connectivity index (χ2n) is 7.38. The molecule has 0 saturated heterocycles. The van der Waals surface area contributed by atoms with Crippen LogP contribution in [0.3, 0.4) is 0 Å². The van der Waals surface area contributed by atoms with Crippen molar-refractivity contribution in [2.45, 2.75) is 31.8 Å². The Kier molecular flexibility index (Phi) is 5.27. The summed E-state index contributed by atoms with van der Waals surface area (Å²) in [6.45, 7) is 0.524. The van der Waals surface area contributed by atoms with Crippen LogP contribution in [0.1, 0.15) is 35.2 Å². The molecule has 2 aliphatic rings. The molecule has 0 spiro atoms. The smallest absolute Gasteiger partial charge is 0.203 e. The van der Waals surface area contributed by atoms with Gasteiger partial charge in [-0.3, -0.25) is 4.79 Å². The maximum absolute atomic E-state index is 12.2. The first-order valence-electron chi connectivity index (χ1n) is 9.74. The van der Waals surface area contributed by atoms with E-state index < -0.39 is 0 Å². The lowest BCUT2D eigenvalue weighted by Gasteiger charge is -2.24. The highest BCUT2D eigenvalue weighted by molar-refractivity contribution is 6.02. The Morgan fingerprint density at radius 2 is 1.71 bits per heavy atom. The minimum absolute atomic E-state index is 0.0388. The number of methoxy groups -OCH3 is 3. The van der Waals surface area contributed by atoms with Crippen LogP contribution in [0.5, 0.6) is 17.2 Å². The number of ketones is 1. The van der Waals surface area contributed by atoms with Crippen molar-refractivity contribution in [3.63, 3.8) is 0 Å². The van der Waals surface area contributed by atoms with Crippen molar-refractivity contribution in [2.24, 2.45) is 5.92 Å². The second-order valence-corrected chi connectivity index (χ2v) is 7.38. The third-order valence-corrected chi connectivity index (χ3v) is 5.62. The summed E-state index contributed by atoms with van der Waals surface area (Å²) >= 11 is 0. The zero-order valence-electron chi connectivity index (χ0n) is 16.6. The van der Waals surface area contributed by atoms with Crippen LogP contribution in [0, 0.1) is 5.92 Å². The molecule has 2 aromatic rings. The molecule has 2 aromatic carbocycles. The van der Waals surface area contributed by atoms with Gasteiger partial charge in [-0.2, -0.15) is 0 Å². The van der Waals surface area contributed by atoms with Crippen LogP contribution < -0.4 is 14.2 Å². The molecule has 1 saturated carbocycles. The lowest BCUT2D eigenvalue weighted by Crippen LogP contribution is -2.25. The van der Waals surface area contributed by atoms with Gasteiger partial charge in [0.1, 0.15) is 6.10 Å². The zero-order valence-corrected chi connectivity index (χ0v) is 16.6. The number of carbonyl (C=O) groups is 1. The first-order chi connectivity index (χ1) is 13.7. The fourth-order valence-corrected chi connectivity index (χ4v) is 4.02. The summed E-state index contributed by atoms with van der Waals surface area (Å²) in [5, 5.41) is 0. The van der Waals surface area contributed by atoms with Crippen LogP contribution in [0.2, 0.25) is 0 Å². The predicted octanol–water partition coefficient (Wildman–Crippen LogP) is 4.30. The number of hydrogen-bond acceptors (Lipinski definition) is 5. The molecule has 0 N–H and O–H groups in total. The van der Waals surface area contributed by atoms with Gasteiger partial charge in [-0.25, -0.2) is 0 Å². The fourth-order valence-electron chi connectivity index (χ4n) is 4.02. The van der Waals surface area contributed by atoms with Gasteiger partial charge < -0.3 is 18.9 Å². The van der Waals surface area contributed by atoms with Gasteiger partial charge in [0.05, 0.1) is 20.8 Å². The van der Waals surface area contributed by atoms with Crippen molar-refractivity contribution in [2.75, 3.05) is 27.9 Å². The minimum Gasteiger partial charge on any atom is -0.493 e. The van der Waals surface area contributed by atoms with E-state index in [1.165, 1.54) is 0 Å². The predicted molar refractivity (Wildman–Crippen MR) is 107 cm³/mol. The summed E-state index contributed by atoms with van der Waals surface area (Å²) in [4.78, 5) is 12.2. The van der Waals surface area contributed by atoms with Gasteiger partial charge >= 0.3 is 0 Å². The van der Waals surface area contributed by atoms with Crippen LogP contribution in [0.15, 0.2) is 30.3 Å². The van der Waals surface area contributed by atoms with E-state index in [0.717, 1.165) is 41.5 Å². The quantitative estimate of drug-likeness (QED) is 0.681. The van der Waals surface area contributed by atoms with Crippen LogP contribution in [-0.4, -0.2) is 39.8 Å². The zero-order chi connectivity index (χ0) is 19.7. The van der Waals surface area contributed by atoms with E-state index in [1.54, 1.807) is 21.3 Å². The molecule has 148 valence electrons. The topological polar surface area (TPSA) is 54.0 Å². The van der Waals surface area contributed by atoms with Gasteiger partial charge in [0, 0.05) is 24.7 Å². The van der Waals surface area contributed by atoms with Crippen molar-refractivity contribution in [3.05, 3.63) is 41.5 Å². The molecule has 1 unspecified atom stereocenters. The normalized spacial score (nSPS) is 16.6. The average Bonchev–Trinajstić information content (AvgIpc) is 3.50. The molecule has 5 heteroatoms. The largest absolute Gasteiger partial charge is 0.493 e. The first-order valence-corrected chi connectivity index (χ1v) is 9.74. The summed E-state index contributed by atoms with van der Waals surface area (Å²) in [6.07, 6.45) is 3.56. The highest BCUT2D eigenvalue weighted by Crippen LogP contribution is 2.48. The van der Waals surface area contributed by atoms with Gasteiger partial charge in [-0.1, -0.05) is 18.2 Å². The number of ether oxygens (including phenoxy) is 4. The third-order valence-electron chi connectivity index (χ3n) is 5.62. The molecule has 0 heterocycles. The molecule has 4 rings (SSSR count). The summed E-state index contributed by atoms with van der Waals surface area (Å²) in [7, 11) is 4.93. The lowest BCUT2D eigenvalue weighted by atomic mass is 9.95.